The second kappa shape index (κ2) is 6.13. The molecule has 6 nitrogen and oxygen atoms in total. The minimum absolute atomic E-state index is 0.0107. The number of aliphatic hydroxyl groups excluding tert-OH is 1. The maximum absolute atomic E-state index is 12.3. The maximum atomic E-state index is 12.3. The first-order valence-electron chi connectivity index (χ1n) is 7.89. The lowest BCUT2D eigenvalue weighted by Gasteiger charge is -2.22. The highest BCUT2D eigenvalue weighted by Gasteiger charge is 2.29. The summed E-state index contributed by atoms with van der Waals surface area (Å²) >= 11 is 0. The lowest BCUT2D eigenvalue weighted by atomic mass is 9.94. The summed E-state index contributed by atoms with van der Waals surface area (Å²) in [6.07, 6.45) is 3.19. The van der Waals surface area contributed by atoms with E-state index in [2.05, 4.69) is 0 Å². The van der Waals surface area contributed by atoms with Gasteiger partial charge in [0, 0.05) is 12.5 Å². The number of phenols is 1. The molecule has 2 aromatic rings. The van der Waals surface area contributed by atoms with Crippen molar-refractivity contribution in [2.75, 3.05) is 0 Å². The van der Waals surface area contributed by atoms with Crippen LogP contribution in [0.4, 0.5) is 0 Å². The van der Waals surface area contributed by atoms with Gasteiger partial charge in [0.1, 0.15) is 17.1 Å². The van der Waals surface area contributed by atoms with Crippen LogP contribution in [-0.4, -0.2) is 22.3 Å². The highest BCUT2D eigenvalue weighted by atomic mass is 16.6. The molecule has 1 aromatic heterocycles. The van der Waals surface area contributed by atoms with E-state index in [-0.39, 0.29) is 34.8 Å². The van der Waals surface area contributed by atoms with Crippen LogP contribution in [0.3, 0.4) is 0 Å². The summed E-state index contributed by atoms with van der Waals surface area (Å²) in [6, 6.07) is 1.36. The molecule has 0 saturated heterocycles. The summed E-state index contributed by atoms with van der Waals surface area (Å²) in [4.78, 5) is 24.3. The topological polar surface area (TPSA) is 97.0 Å². The number of hydrogen-bond acceptors (Lipinski definition) is 6. The zero-order chi connectivity index (χ0) is 17.4. The van der Waals surface area contributed by atoms with Crippen LogP contribution < -0.4 is 10.4 Å². The van der Waals surface area contributed by atoms with Crippen LogP contribution >= 0.6 is 0 Å². The predicted molar refractivity (Wildman–Crippen MR) is 88.4 cm³/mol. The van der Waals surface area contributed by atoms with Crippen molar-refractivity contribution < 1.29 is 24.2 Å². The van der Waals surface area contributed by atoms with E-state index in [0.29, 0.717) is 22.9 Å². The second-order valence-corrected chi connectivity index (χ2v) is 5.66. The number of Topliss-reactive ketones (excluding diaryl/α,β-unsaturated/α-hetero) is 1. The van der Waals surface area contributed by atoms with Gasteiger partial charge in [0.05, 0.1) is 10.9 Å². The largest absolute Gasteiger partial charge is 0.506 e. The number of hydrogen-bond donors (Lipinski definition) is 2. The van der Waals surface area contributed by atoms with Gasteiger partial charge >= 0.3 is 5.63 Å². The molecule has 24 heavy (non-hydrogen) atoms. The van der Waals surface area contributed by atoms with E-state index < -0.39 is 11.9 Å². The van der Waals surface area contributed by atoms with Gasteiger partial charge in [0.15, 0.2) is 11.4 Å². The van der Waals surface area contributed by atoms with Crippen LogP contribution in [0.25, 0.3) is 17.0 Å². The molecule has 2 N–H and O–H groups in total. The van der Waals surface area contributed by atoms with Crippen molar-refractivity contribution in [2.45, 2.75) is 39.4 Å². The molecule has 3 rings (SSSR count). The molecule has 0 saturated carbocycles. The van der Waals surface area contributed by atoms with Gasteiger partial charge in [-0.05, 0) is 24.1 Å². The molecular formula is C18H18O6. The smallest absolute Gasteiger partial charge is 0.336 e. The Bertz CT molecular complexity index is 906. The van der Waals surface area contributed by atoms with Crippen molar-refractivity contribution in [1.82, 2.24) is 0 Å². The molecule has 126 valence electrons. The van der Waals surface area contributed by atoms with E-state index in [1.54, 1.807) is 6.92 Å². The normalized spacial score (nSPS) is 16.0. The van der Waals surface area contributed by atoms with Gasteiger partial charge in [0.2, 0.25) is 6.29 Å². The van der Waals surface area contributed by atoms with E-state index in [4.69, 9.17) is 9.15 Å². The van der Waals surface area contributed by atoms with Crippen molar-refractivity contribution in [3.05, 3.63) is 39.3 Å². The molecule has 1 atom stereocenters. The highest BCUT2D eigenvalue weighted by Crippen LogP contribution is 2.44. The standard InChI is InChI=1S/C18H18O6/c1-3-5-9-8-13(21)24-18-14(9)17-10(6-7-12(20)23-17)16(22)15(18)11(19)4-2/h6-8,12,20,22H,3-5H2,1-2H3. The van der Waals surface area contributed by atoms with Crippen LogP contribution in [0.15, 0.2) is 21.4 Å². The monoisotopic (exact) mass is 330 g/mol. The number of benzene rings is 1. The van der Waals surface area contributed by atoms with E-state index in [9.17, 15) is 19.8 Å². The molecule has 0 fully saturated rings. The SMILES string of the molecule is CCCc1cc(=O)oc2c(C(=O)CC)c(O)c3c(c12)OC(O)C=C3. The number of carbonyl (C=O) groups excluding carboxylic acids is 1. The average Bonchev–Trinajstić information content (AvgIpc) is 2.54. The van der Waals surface area contributed by atoms with Crippen LogP contribution in [0, 0.1) is 0 Å². The molecule has 0 aliphatic carbocycles. The average molecular weight is 330 g/mol. The van der Waals surface area contributed by atoms with Crippen LogP contribution in [-0.2, 0) is 6.42 Å². The third-order valence-corrected chi connectivity index (χ3v) is 4.02. The lowest BCUT2D eigenvalue weighted by Crippen LogP contribution is -2.18. The van der Waals surface area contributed by atoms with E-state index >= 15 is 0 Å². The third kappa shape index (κ3) is 2.49. The number of phenolic OH excluding ortho intramolecular Hbond substituents is 1. The van der Waals surface area contributed by atoms with Gasteiger partial charge in [0.25, 0.3) is 0 Å². The first-order valence-corrected chi connectivity index (χ1v) is 7.89. The molecule has 0 spiro atoms. The number of aromatic hydroxyl groups is 1. The van der Waals surface area contributed by atoms with Gasteiger partial charge in [-0.25, -0.2) is 4.79 Å². The fourth-order valence-electron chi connectivity index (χ4n) is 2.97. The van der Waals surface area contributed by atoms with Crippen molar-refractivity contribution in [3.63, 3.8) is 0 Å². The number of carbonyl (C=O) groups is 1. The maximum Gasteiger partial charge on any atom is 0.336 e. The zero-order valence-electron chi connectivity index (χ0n) is 13.5. The van der Waals surface area contributed by atoms with Crippen molar-refractivity contribution in [1.29, 1.82) is 0 Å². The first kappa shape index (κ1) is 16.3. The molecule has 0 bridgehead atoms. The third-order valence-electron chi connectivity index (χ3n) is 4.02. The molecular weight excluding hydrogens is 312 g/mol. The van der Waals surface area contributed by atoms with Gasteiger partial charge in [-0.1, -0.05) is 20.3 Å². The number of aryl methyl sites for hydroxylation is 1. The number of ether oxygens (including phenoxy) is 1. The van der Waals surface area contributed by atoms with Gasteiger partial charge in [-0.2, -0.15) is 0 Å². The Balaban J connectivity index is 2.52. The van der Waals surface area contributed by atoms with Crippen molar-refractivity contribution in [3.8, 4) is 11.5 Å². The van der Waals surface area contributed by atoms with E-state index in [1.165, 1.54) is 18.2 Å². The summed E-state index contributed by atoms with van der Waals surface area (Å²) in [6.45, 7) is 3.62. The predicted octanol–water partition coefficient (Wildman–Crippen LogP) is 2.77. The summed E-state index contributed by atoms with van der Waals surface area (Å²) in [5.41, 5.74) is 0.355. The summed E-state index contributed by atoms with van der Waals surface area (Å²) in [5.74, 6) is -0.418. The molecule has 6 heteroatoms. The summed E-state index contributed by atoms with van der Waals surface area (Å²) in [5, 5.41) is 20.7. The molecule has 2 heterocycles. The molecule has 0 radical (unpaired) electrons. The minimum Gasteiger partial charge on any atom is -0.506 e. The number of fused-ring (bicyclic) bond motifs is 3. The quantitative estimate of drug-likeness (QED) is 0.661. The van der Waals surface area contributed by atoms with Crippen molar-refractivity contribution in [2.24, 2.45) is 0 Å². The van der Waals surface area contributed by atoms with Gasteiger partial charge < -0.3 is 19.4 Å². The Morgan fingerprint density at radius 1 is 1.33 bits per heavy atom. The first-order chi connectivity index (χ1) is 11.5. The molecule has 0 amide bonds. The van der Waals surface area contributed by atoms with Crippen molar-refractivity contribution >= 4 is 22.8 Å². The Morgan fingerprint density at radius 3 is 2.75 bits per heavy atom. The number of ketones is 1. The zero-order valence-corrected chi connectivity index (χ0v) is 13.5. The summed E-state index contributed by atoms with van der Waals surface area (Å²) in [7, 11) is 0. The Morgan fingerprint density at radius 2 is 2.08 bits per heavy atom. The minimum atomic E-state index is -1.17. The Kier molecular flexibility index (Phi) is 4.15. The number of rotatable bonds is 4. The fourth-order valence-corrected chi connectivity index (χ4v) is 2.97. The van der Waals surface area contributed by atoms with E-state index in [0.717, 1.165) is 6.42 Å². The molecule has 1 unspecified atom stereocenters. The van der Waals surface area contributed by atoms with E-state index in [1.807, 2.05) is 6.92 Å². The summed E-state index contributed by atoms with van der Waals surface area (Å²) < 4.78 is 10.7. The molecule has 1 aliphatic heterocycles. The highest BCUT2D eigenvalue weighted by molar-refractivity contribution is 6.12. The lowest BCUT2D eigenvalue weighted by molar-refractivity contribution is 0.0241. The Labute approximate surface area is 138 Å². The van der Waals surface area contributed by atoms with Crippen LogP contribution in [0.2, 0.25) is 0 Å². The van der Waals surface area contributed by atoms with Crippen LogP contribution in [0.1, 0.15) is 48.2 Å². The second-order valence-electron chi connectivity index (χ2n) is 5.66. The Hall–Kier alpha value is -2.60. The van der Waals surface area contributed by atoms with Gasteiger partial charge in [-0.3, -0.25) is 4.79 Å². The molecule has 1 aliphatic rings. The van der Waals surface area contributed by atoms with Crippen LogP contribution in [0.5, 0.6) is 11.5 Å². The van der Waals surface area contributed by atoms with Gasteiger partial charge in [-0.15, -0.1) is 0 Å². The molecule has 1 aromatic carbocycles. The number of aliphatic hydroxyl groups is 1. The fraction of sp³-hybridized carbons (Fsp3) is 0.333.